The molecule has 0 amide bonds. The second-order valence-electron chi connectivity index (χ2n) is 4.59. The van der Waals surface area contributed by atoms with Crippen LogP contribution in [0.15, 0.2) is 6.07 Å². The Morgan fingerprint density at radius 1 is 1.28 bits per heavy atom. The average Bonchev–Trinajstić information content (AvgIpc) is 2.86. The zero-order valence-corrected chi connectivity index (χ0v) is 11.2. The van der Waals surface area contributed by atoms with Crippen molar-refractivity contribution < 1.29 is 14.6 Å². The molecule has 0 fully saturated rings. The molecule has 1 aromatic rings. The van der Waals surface area contributed by atoms with E-state index in [2.05, 4.69) is 5.32 Å². The molecule has 1 aliphatic carbocycles. The average molecular weight is 251 g/mol. The highest BCUT2D eigenvalue weighted by Gasteiger charge is 2.25. The lowest BCUT2D eigenvalue weighted by Gasteiger charge is -2.20. The number of aliphatic hydroxyl groups is 1. The Kier molecular flexibility index (Phi) is 4.09. The van der Waals surface area contributed by atoms with Gasteiger partial charge in [-0.15, -0.1) is 0 Å². The zero-order chi connectivity index (χ0) is 13.1. The number of hydrogen-bond acceptors (Lipinski definition) is 4. The van der Waals surface area contributed by atoms with Crippen molar-refractivity contribution in [2.24, 2.45) is 0 Å². The van der Waals surface area contributed by atoms with Gasteiger partial charge in [0.15, 0.2) is 0 Å². The Morgan fingerprint density at radius 2 is 2.00 bits per heavy atom. The predicted molar refractivity (Wildman–Crippen MR) is 70.5 cm³/mol. The van der Waals surface area contributed by atoms with Crippen molar-refractivity contribution in [2.75, 3.05) is 27.8 Å². The summed E-state index contributed by atoms with van der Waals surface area (Å²) in [5, 5.41) is 13.2. The van der Waals surface area contributed by atoms with E-state index < -0.39 is 6.10 Å². The molecule has 0 aliphatic heterocycles. The van der Waals surface area contributed by atoms with Crippen molar-refractivity contribution in [3.05, 3.63) is 22.8 Å². The minimum atomic E-state index is -0.579. The molecular weight excluding hydrogens is 230 g/mol. The van der Waals surface area contributed by atoms with Gasteiger partial charge in [-0.25, -0.2) is 0 Å². The van der Waals surface area contributed by atoms with E-state index in [1.165, 1.54) is 11.1 Å². The summed E-state index contributed by atoms with van der Waals surface area (Å²) in [6, 6.07) is 1.91. The first-order valence-corrected chi connectivity index (χ1v) is 6.32. The molecule has 2 rings (SSSR count). The van der Waals surface area contributed by atoms with Crippen LogP contribution in [0.1, 0.15) is 29.2 Å². The number of fused-ring (bicyclic) bond motifs is 1. The van der Waals surface area contributed by atoms with Gasteiger partial charge >= 0.3 is 0 Å². The molecule has 18 heavy (non-hydrogen) atoms. The van der Waals surface area contributed by atoms with Crippen molar-refractivity contribution in [1.82, 2.24) is 5.32 Å². The lowest BCUT2D eigenvalue weighted by molar-refractivity contribution is 0.172. The molecule has 0 saturated heterocycles. The fourth-order valence-electron chi connectivity index (χ4n) is 2.71. The minimum absolute atomic E-state index is 0.498. The van der Waals surface area contributed by atoms with Gasteiger partial charge in [0.1, 0.15) is 11.5 Å². The summed E-state index contributed by atoms with van der Waals surface area (Å²) >= 11 is 0. The van der Waals surface area contributed by atoms with Crippen molar-refractivity contribution in [2.45, 2.75) is 25.4 Å². The molecular formula is C14H21NO3. The summed E-state index contributed by atoms with van der Waals surface area (Å²) in [5.41, 5.74) is 3.24. The molecule has 1 atom stereocenters. The number of methoxy groups -OCH3 is 2. The molecule has 0 bridgehead atoms. The van der Waals surface area contributed by atoms with Crippen LogP contribution in [0.5, 0.6) is 11.5 Å². The third-order valence-electron chi connectivity index (χ3n) is 3.52. The molecule has 0 saturated carbocycles. The summed E-state index contributed by atoms with van der Waals surface area (Å²) in [6.45, 7) is 0.498. The highest BCUT2D eigenvalue weighted by atomic mass is 16.5. The summed E-state index contributed by atoms with van der Waals surface area (Å²) in [6.07, 6.45) is 2.56. The standard InChI is InChI=1S/C14H21NO3/c1-15-8-12(16)11-7-13(17-2)9-5-4-6-10(9)14(11)18-3/h7,12,15-16H,4-6,8H2,1-3H3. The SMILES string of the molecule is CNCC(O)c1cc(OC)c2c(c1OC)CCC2. The van der Waals surface area contributed by atoms with Gasteiger partial charge in [-0.2, -0.15) is 0 Å². The topological polar surface area (TPSA) is 50.7 Å². The zero-order valence-electron chi connectivity index (χ0n) is 11.2. The van der Waals surface area contributed by atoms with Crippen LogP contribution in [0.4, 0.5) is 0 Å². The molecule has 2 N–H and O–H groups in total. The Balaban J connectivity index is 2.51. The quantitative estimate of drug-likeness (QED) is 0.831. The molecule has 0 aromatic heterocycles. The van der Waals surface area contributed by atoms with Gasteiger partial charge in [-0.05, 0) is 32.4 Å². The maximum absolute atomic E-state index is 10.2. The lowest BCUT2D eigenvalue weighted by Crippen LogP contribution is -2.18. The molecule has 1 aliphatic rings. The maximum Gasteiger partial charge on any atom is 0.128 e. The number of aliphatic hydroxyl groups excluding tert-OH is 1. The van der Waals surface area contributed by atoms with Gasteiger partial charge in [0.2, 0.25) is 0 Å². The fourth-order valence-corrected chi connectivity index (χ4v) is 2.71. The first-order chi connectivity index (χ1) is 8.72. The predicted octanol–water partition coefficient (Wildman–Crippen LogP) is 1.45. The first-order valence-electron chi connectivity index (χ1n) is 6.32. The van der Waals surface area contributed by atoms with Crippen LogP contribution < -0.4 is 14.8 Å². The molecule has 4 heteroatoms. The summed E-state index contributed by atoms with van der Waals surface area (Å²) in [7, 11) is 5.16. The monoisotopic (exact) mass is 251 g/mol. The van der Waals surface area contributed by atoms with Crippen LogP contribution in [0, 0.1) is 0 Å². The number of ether oxygens (including phenoxy) is 2. The van der Waals surface area contributed by atoms with E-state index in [4.69, 9.17) is 9.47 Å². The molecule has 100 valence electrons. The van der Waals surface area contributed by atoms with Gasteiger partial charge in [-0.1, -0.05) is 0 Å². The normalized spacial score (nSPS) is 15.3. The van der Waals surface area contributed by atoms with Crippen LogP contribution in [0.25, 0.3) is 0 Å². The molecule has 1 aromatic carbocycles. The molecule has 0 heterocycles. The van der Waals surface area contributed by atoms with E-state index >= 15 is 0 Å². The molecule has 0 spiro atoms. The van der Waals surface area contributed by atoms with Gasteiger partial charge < -0.3 is 19.9 Å². The number of nitrogens with one attached hydrogen (secondary N) is 1. The largest absolute Gasteiger partial charge is 0.496 e. The minimum Gasteiger partial charge on any atom is -0.496 e. The van der Waals surface area contributed by atoms with Crippen LogP contribution >= 0.6 is 0 Å². The summed E-state index contributed by atoms with van der Waals surface area (Å²) < 4.78 is 11.0. The smallest absolute Gasteiger partial charge is 0.128 e. The van der Waals surface area contributed by atoms with Gasteiger partial charge in [0.25, 0.3) is 0 Å². The summed E-state index contributed by atoms with van der Waals surface area (Å²) in [4.78, 5) is 0. The van der Waals surface area contributed by atoms with Crippen LogP contribution in [-0.4, -0.2) is 32.9 Å². The number of hydrogen-bond donors (Lipinski definition) is 2. The van der Waals surface area contributed by atoms with E-state index in [9.17, 15) is 5.11 Å². The van der Waals surface area contributed by atoms with Crippen LogP contribution in [0.2, 0.25) is 0 Å². The second kappa shape index (κ2) is 5.59. The van der Waals surface area contributed by atoms with Crippen LogP contribution in [-0.2, 0) is 12.8 Å². The van der Waals surface area contributed by atoms with Crippen molar-refractivity contribution >= 4 is 0 Å². The maximum atomic E-state index is 10.2. The number of rotatable bonds is 5. The lowest BCUT2D eigenvalue weighted by atomic mass is 9.99. The Bertz CT molecular complexity index is 432. The van der Waals surface area contributed by atoms with Crippen molar-refractivity contribution in [3.8, 4) is 11.5 Å². The molecule has 1 unspecified atom stereocenters. The third kappa shape index (κ3) is 2.18. The highest BCUT2D eigenvalue weighted by molar-refractivity contribution is 5.56. The van der Waals surface area contributed by atoms with Gasteiger partial charge in [0.05, 0.1) is 20.3 Å². The van der Waals surface area contributed by atoms with E-state index in [0.717, 1.165) is 36.3 Å². The number of benzene rings is 1. The third-order valence-corrected chi connectivity index (χ3v) is 3.52. The molecule has 0 radical (unpaired) electrons. The first kappa shape index (κ1) is 13.2. The summed E-state index contributed by atoms with van der Waals surface area (Å²) in [5.74, 6) is 1.69. The van der Waals surface area contributed by atoms with E-state index in [1.54, 1.807) is 14.2 Å². The molecule has 4 nitrogen and oxygen atoms in total. The second-order valence-corrected chi connectivity index (χ2v) is 4.59. The van der Waals surface area contributed by atoms with E-state index in [-0.39, 0.29) is 0 Å². The van der Waals surface area contributed by atoms with Crippen LogP contribution in [0.3, 0.4) is 0 Å². The Hall–Kier alpha value is -1.26. The van der Waals surface area contributed by atoms with Crippen molar-refractivity contribution in [1.29, 1.82) is 0 Å². The Labute approximate surface area is 108 Å². The van der Waals surface area contributed by atoms with E-state index in [0.29, 0.717) is 6.54 Å². The van der Waals surface area contributed by atoms with Crippen molar-refractivity contribution in [3.63, 3.8) is 0 Å². The van der Waals surface area contributed by atoms with E-state index in [1.807, 2.05) is 13.1 Å². The fraction of sp³-hybridized carbons (Fsp3) is 0.571. The highest BCUT2D eigenvalue weighted by Crippen LogP contribution is 2.41. The van der Waals surface area contributed by atoms with Gasteiger partial charge in [0, 0.05) is 23.2 Å². The Morgan fingerprint density at radius 3 is 2.61 bits per heavy atom. The van der Waals surface area contributed by atoms with Gasteiger partial charge in [-0.3, -0.25) is 0 Å². The number of likely N-dealkylation sites (N-methyl/N-ethyl adjacent to an activating group) is 1.